The van der Waals surface area contributed by atoms with Crippen LogP contribution in [-0.4, -0.2) is 68.2 Å². The highest BCUT2D eigenvalue weighted by atomic mass is 35.7. The molecule has 18 nitrogen and oxygen atoms in total. The monoisotopic (exact) mass is 624 g/mol. The molecule has 0 saturated heterocycles. The largest absolute Gasteiger partial charge is 0.394 e. The van der Waals surface area contributed by atoms with Crippen molar-refractivity contribution in [1.29, 1.82) is 0 Å². The van der Waals surface area contributed by atoms with E-state index >= 15 is 0 Å². The minimum Gasteiger partial charge on any atom is -0.394 e. The number of halogens is 3. The molecule has 0 bridgehead atoms. The Labute approximate surface area is 220 Å². The van der Waals surface area contributed by atoms with Crippen LogP contribution in [0.1, 0.15) is 0 Å². The summed E-state index contributed by atoms with van der Waals surface area (Å²) < 4.78 is 71.4. The molecule has 0 aliphatic rings. The molecule has 0 amide bonds. The molecule has 0 aliphatic heterocycles. The molecule has 23 heteroatoms. The summed E-state index contributed by atoms with van der Waals surface area (Å²) in [7, 11) is -3.92. The number of hydrogen-bond acceptors (Lipinski definition) is 14. The van der Waals surface area contributed by atoms with E-state index < -0.39 is 91.4 Å². The molecule has 1 N–H and O–H groups in total. The minimum absolute atomic E-state index is 0.347. The Morgan fingerprint density at radius 1 is 0.744 bits per heavy atom. The van der Waals surface area contributed by atoms with Gasteiger partial charge in [-0.15, -0.1) is 0 Å². The van der Waals surface area contributed by atoms with Gasteiger partial charge >= 0.3 is 10.1 Å². The first-order valence-corrected chi connectivity index (χ1v) is 13.1. The van der Waals surface area contributed by atoms with E-state index in [0.717, 1.165) is 18.2 Å². The van der Waals surface area contributed by atoms with Crippen molar-refractivity contribution >= 4 is 52.6 Å². The summed E-state index contributed by atoms with van der Waals surface area (Å²) in [6, 6.07) is 4.02. The SMILES string of the molecule is O=[N+]([O-])c1ccc(S(=O)(=O)Cl)c([N+](=O)[O-])c1.O=[N+]([O-])c1ccc(S(=O)(=O)OCCF)c([N+](=O)[O-])c1.OCCF. The van der Waals surface area contributed by atoms with Gasteiger partial charge in [0, 0.05) is 22.8 Å². The molecule has 0 spiro atoms. The van der Waals surface area contributed by atoms with Crippen LogP contribution in [-0.2, 0) is 23.4 Å². The zero-order chi connectivity index (χ0) is 30.6. The molecular formula is C16H15ClF2N4O14S2. The van der Waals surface area contributed by atoms with E-state index in [-0.39, 0.29) is 6.61 Å². The Kier molecular flexibility index (Phi) is 13.9. The Bertz CT molecular complexity index is 1440. The molecule has 0 aliphatic carbocycles. The third-order valence-electron chi connectivity index (χ3n) is 3.63. The lowest BCUT2D eigenvalue weighted by Crippen LogP contribution is -2.11. The number of aliphatic hydroxyl groups excluding tert-OH is 1. The molecule has 0 radical (unpaired) electrons. The van der Waals surface area contributed by atoms with Crippen molar-refractivity contribution in [3.63, 3.8) is 0 Å². The van der Waals surface area contributed by atoms with E-state index in [2.05, 4.69) is 4.18 Å². The quantitative estimate of drug-likeness (QED) is 0.172. The van der Waals surface area contributed by atoms with Gasteiger partial charge in [-0.05, 0) is 12.1 Å². The summed E-state index contributed by atoms with van der Waals surface area (Å²) in [5.74, 6) is 0. The van der Waals surface area contributed by atoms with Crippen molar-refractivity contribution in [3.05, 3.63) is 76.9 Å². The molecule has 2 rings (SSSR count). The number of nitro benzene ring substituents is 4. The van der Waals surface area contributed by atoms with E-state index in [0.29, 0.717) is 18.2 Å². The number of non-ortho nitro benzene ring substituents is 2. The van der Waals surface area contributed by atoms with Crippen LogP contribution >= 0.6 is 10.7 Å². The van der Waals surface area contributed by atoms with Gasteiger partial charge in [0.1, 0.15) is 13.3 Å². The van der Waals surface area contributed by atoms with E-state index in [1.807, 2.05) is 0 Å². The lowest BCUT2D eigenvalue weighted by atomic mass is 10.3. The molecular weight excluding hydrogens is 610 g/mol. The Morgan fingerprint density at radius 2 is 1.13 bits per heavy atom. The average Bonchev–Trinajstić information content (AvgIpc) is 2.86. The number of nitrogens with zero attached hydrogens (tertiary/aromatic N) is 4. The first-order chi connectivity index (χ1) is 17.9. The molecule has 216 valence electrons. The highest BCUT2D eigenvalue weighted by Gasteiger charge is 2.29. The molecule has 0 heterocycles. The summed E-state index contributed by atoms with van der Waals surface area (Å²) in [5, 5.41) is 49.5. The Morgan fingerprint density at radius 3 is 1.44 bits per heavy atom. The smallest absolute Gasteiger partial charge is 0.303 e. The second-order valence-corrected chi connectivity index (χ2v) is 10.3. The molecule has 0 saturated carbocycles. The van der Waals surface area contributed by atoms with Crippen LogP contribution in [0.15, 0.2) is 46.2 Å². The predicted molar refractivity (Wildman–Crippen MR) is 125 cm³/mol. The van der Waals surface area contributed by atoms with Gasteiger partial charge in [-0.25, -0.2) is 17.2 Å². The van der Waals surface area contributed by atoms with E-state index in [9.17, 15) is 66.1 Å². The van der Waals surface area contributed by atoms with Gasteiger partial charge in [0.2, 0.25) is 0 Å². The first-order valence-electron chi connectivity index (χ1n) is 9.37. The standard InChI is InChI=1S/C8H7FN2O7S.C6H3ClN2O6S.C2H5FO/c9-3-4-18-19(16,17)8-2-1-6(10(12)13)5-7(8)11(14)15;7-16(14,15)6-2-1-4(8(10)11)3-5(6)9(12)13;3-1-2-4/h1-2,5H,3-4H2;1-3H;4H,1-2H2. The molecule has 0 fully saturated rings. The second-order valence-electron chi connectivity index (χ2n) is 6.15. The molecule has 0 atom stereocenters. The third kappa shape index (κ3) is 11.1. The summed E-state index contributed by atoms with van der Waals surface area (Å²) in [5.41, 5.74) is -3.16. The van der Waals surface area contributed by atoms with Crippen molar-refractivity contribution in [2.75, 3.05) is 26.6 Å². The summed E-state index contributed by atoms with van der Waals surface area (Å²) in [6.07, 6.45) is 0. The third-order valence-corrected chi connectivity index (χ3v) is 6.36. The molecule has 2 aromatic rings. The van der Waals surface area contributed by atoms with Crippen molar-refractivity contribution in [3.8, 4) is 0 Å². The van der Waals surface area contributed by atoms with Crippen LogP contribution in [0.3, 0.4) is 0 Å². The summed E-state index contributed by atoms with van der Waals surface area (Å²) in [6.45, 7) is -2.86. The van der Waals surface area contributed by atoms with Gasteiger partial charge < -0.3 is 5.11 Å². The lowest BCUT2D eigenvalue weighted by molar-refractivity contribution is -0.396. The number of rotatable bonds is 10. The van der Waals surface area contributed by atoms with Crippen LogP contribution in [0.5, 0.6) is 0 Å². The van der Waals surface area contributed by atoms with Crippen LogP contribution in [0.25, 0.3) is 0 Å². The Balaban J connectivity index is 0.000000658. The van der Waals surface area contributed by atoms with Gasteiger partial charge in [-0.3, -0.25) is 44.6 Å². The van der Waals surface area contributed by atoms with E-state index in [4.69, 9.17) is 15.8 Å². The Hall–Kier alpha value is -3.99. The molecule has 2 aromatic carbocycles. The highest BCUT2D eigenvalue weighted by Crippen LogP contribution is 2.31. The minimum atomic E-state index is -4.54. The van der Waals surface area contributed by atoms with Crippen molar-refractivity contribution in [1.82, 2.24) is 0 Å². The van der Waals surface area contributed by atoms with Gasteiger partial charge in [0.25, 0.3) is 31.8 Å². The van der Waals surface area contributed by atoms with Gasteiger partial charge in [0.15, 0.2) is 9.79 Å². The summed E-state index contributed by atoms with van der Waals surface area (Å²) in [4.78, 5) is 36.4. The molecule has 0 unspecified atom stereocenters. The van der Waals surface area contributed by atoms with Crippen LogP contribution < -0.4 is 0 Å². The van der Waals surface area contributed by atoms with Gasteiger partial charge in [-0.1, -0.05) is 0 Å². The number of aliphatic hydroxyl groups is 1. The van der Waals surface area contributed by atoms with Gasteiger partial charge in [-0.2, -0.15) is 8.42 Å². The number of nitro groups is 4. The maximum absolute atomic E-state index is 11.9. The van der Waals surface area contributed by atoms with Crippen LogP contribution in [0.2, 0.25) is 0 Å². The average molecular weight is 625 g/mol. The maximum Gasteiger partial charge on any atom is 0.303 e. The first kappa shape index (κ1) is 35.0. The van der Waals surface area contributed by atoms with Crippen molar-refractivity contribution in [2.45, 2.75) is 9.79 Å². The molecule has 0 aromatic heterocycles. The fraction of sp³-hybridized carbons (Fsp3) is 0.250. The number of alkyl halides is 2. The number of benzene rings is 2. The van der Waals surface area contributed by atoms with Crippen molar-refractivity contribution < 1.29 is 54.6 Å². The van der Waals surface area contributed by atoms with Gasteiger partial charge in [0.05, 0.1) is 45.0 Å². The highest BCUT2D eigenvalue weighted by molar-refractivity contribution is 8.13. The topological polar surface area (TPSA) is 270 Å². The zero-order valence-corrected chi connectivity index (χ0v) is 21.2. The fourth-order valence-corrected chi connectivity index (χ4v) is 4.19. The zero-order valence-electron chi connectivity index (χ0n) is 18.8. The summed E-state index contributed by atoms with van der Waals surface area (Å²) >= 11 is 0. The lowest BCUT2D eigenvalue weighted by Gasteiger charge is -2.04. The van der Waals surface area contributed by atoms with Crippen molar-refractivity contribution in [2.24, 2.45) is 0 Å². The van der Waals surface area contributed by atoms with E-state index in [1.54, 1.807) is 0 Å². The second kappa shape index (κ2) is 15.4. The van der Waals surface area contributed by atoms with E-state index in [1.165, 1.54) is 0 Å². The van der Waals surface area contributed by atoms with Crippen LogP contribution in [0, 0.1) is 40.5 Å². The predicted octanol–water partition coefficient (Wildman–Crippen LogP) is 2.56. The molecule has 39 heavy (non-hydrogen) atoms. The number of hydrogen-bond donors (Lipinski definition) is 1. The normalized spacial score (nSPS) is 10.8. The fourth-order valence-electron chi connectivity index (χ4n) is 2.15. The van der Waals surface area contributed by atoms with Crippen LogP contribution in [0.4, 0.5) is 31.5 Å². The maximum atomic E-state index is 11.9.